The van der Waals surface area contributed by atoms with Crippen molar-refractivity contribution in [3.8, 4) is 11.5 Å². The third kappa shape index (κ3) is 5.06. The summed E-state index contributed by atoms with van der Waals surface area (Å²) in [6, 6.07) is 25.7. The van der Waals surface area contributed by atoms with Crippen LogP contribution in [0.5, 0.6) is 11.5 Å². The SMILES string of the molecule is CCc1ccc(NC(=S)Nc2ccc(Oc3ccccc3)cc2)cc1. The van der Waals surface area contributed by atoms with Gasteiger partial charge in [-0.3, -0.25) is 0 Å². The number of para-hydroxylation sites is 1. The summed E-state index contributed by atoms with van der Waals surface area (Å²) >= 11 is 5.36. The van der Waals surface area contributed by atoms with Gasteiger partial charge in [0.25, 0.3) is 0 Å². The molecule has 3 aromatic rings. The zero-order valence-corrected chi connectivity index (χ0v) is 14.8. The van der Waals surface area contributed by atoms with Gasteiger partial charge in [-0.15, -0.1) is 0 Å². The molecule has 0 fully saturated rings. The molecule has 0 atom stereocenters. The maximum Gasteiger partial charge on any atom is 0.175 e. The molecule has 0 aliphatic carbocycles. The fourth-order valence-electron chi connectivity index (χ4n) is 2.35. The zero-order chi connectivity index (χ0) is 17.5. The summed E-state index contributed by atoms with van der Waals surface area (Å²) in [5, 5.41) is 6.92. The second-order valence-corrected chi connectivity index (χ2v) is 5.98. The lowest BCUT2D eigenvalue weighted by Gasteiger charge is -2.12. The molecule has 0 saturated heterocycles. The smallest absolute Gasteiger partial charge is 0.175 e. The van der Waals surface area contributed by atoms with Gasteiger partial charge in [0.05, 0.1) is 0 Å². The van der Waals surface area contributed by atoms with E-state index in [4.69, 9.17) is 17.0 Å². The van der Waals surface area contributed by atoms with Crippen molar-refractivity contribution < 1.29 is 4.74 Å². The third-order valence-electron chi connectivity index (χ3n) is 3.71. The maximum absolute atomic E-state index is 5.78. The van der Waals surface area contributed by atoms with Crippen molar-refractivity contribution in [1.82, 2.24) is 0 Å². The van der Waals surface area contributed by atoms with E-state index < -0.39 is 0 Å². The van der Waals surface area contributed by atoms with Gasteiger partial charge < -0.3 is 15.4 Å². The van der Waals surface area contributed by atoms with Crippen molar-refractivity contribution in [3.63, 3.8) is 0 Å². The lowest BCUT2D eigenvalue weighted by atomic mass is 10.1. The first-order valence-corrected chi connectivity index (χ1v) is 8.63. The normalized spacial score (nSPS) is 10.1. The lowest BCUT2D eigenvalue weighted by Crippen LogP contribution is -2.18. The topological polar surface area (TPSA) is 33.3 Å². The van der Waals surface area contributed by atoms with Crippen LogP contribution in [0.15, 0.2) is 78.9 Å². The zero-order valence-electron chi connectivity index (χ0n) is 14.0. The Morgan fingerprint density at radius 1 is 0.760 bits per heavy atom. The van der Waals surface area contributed by atoms with Gasteiger partial charge in [-0.05, 0) is 72.7 Å². The number of benzene rings is 3. The average molecular weight is 348 g/mol. The van der Waals surface area contributed by atoms with E-state index >= 15 is 0 Å². The van der Waals surface area contributed by atoms with Crippen LogP contribution in [0, 0.1) is 0 Å². The van der Waals surface area contributed by atoms with Gasteiger partial charge in [0.15, 0.2) is 5.11 Å². The summed E-state index contributed by atoms with van der Waals surface area (Å²) in [5.41, 5.74) is 3.18. The van der Waals surface area contributed by atoms with Gasteiger partial charge in [-0.1, -0.05) is 37.3 Å². The Balaban J connectivity index is 1.56. The van der Waals surface area contributed by atoms with Crippen LogP contribution >= 0.6 is 12.2 Å². The first-order chi connectivity index (χ1) is 12.2. The van der Waals surface area contributed by atoms with E-state index in [0.717, 1.165) is 29.3 Å². The average Bonchev–Trinajstić information content (AvgIpc) is 2.65. The van der Waals surface area contributed by atoms with Gasteiger partial charge in [-0.25, -0.2) is 0 Å². The van der Waals surface area contributed by atoms with Crippen LogP contribution < -0.4 is 15.4 Å². The predicted octanol–water partition coefficient (Wildman–Crippen LogP) is 5.85. The van der Waals surface area contributed by atoms with Crippen molar-refractivity contribution in [1.29, 1.82) is 0 Å². The first kappa shape index (κ1) is 17.0. The molecular weight excluding hydrogens is 328 g/mol. The van der Waals surface area contributed by atoms with Crippen LogP contribution in [-0.4, -0.2) is 5.11 Å². The number of aryl methyl sites for hydroxylation is 1. The van der Waals surface area contributed by atoms with E-state index in [-0.39, 0.29) is 0 Å². The Labute approximate surface area is 153 Å². The molecule has 3 nitrogen and oxygen atoms in total. The molecule has 0 unspecified atom stereocenters. The summed E-state index contributed by atoms with van der Waals surface area (Å²) in [7, 11) is 0. The number of thiocarbonyl (C=S) groups is 1. The van der Waals surface area contributed by atoms with Crippen LogP contribution in [0.25, 0.3) is 0 Å². The van der Waals surface area contributed by atoms with Crippen molar-refractivity contribution in [2.45, 2.75) is 13.3 Å². The summed E-state index contributed by atoms with van der Waals surface area (Å²) in [4.78, 5) is 0. The molecule has 0 aromatic heterocycles. The van der Waals surface area contributed by atoms with Gasteiger partial charge in [0.1, 0.15) is 11.5 Å². The highest BCUT2D eigenvalue weighted by Crippen LogP contribution is 2.22. The fraction of sp³-hybridized carbons (Fsp3) is 0.0952. The molecule has 0 heterocycles. The number of hydrogen-bond acceptors (Lipinski definition) is 2. The van der Waals surface area contributed by atoms with E-state index in [1.54, 1.807) is 0 Å². The maximum atomic E-state index is 5.78. The van der Waals surface area contributed by atoms with E-state index in [0.29, 0.717) is 5.11 Å². The molecule has 0 amide bonds. The van der Waals surface area contributed by atoms with Crippen molar-refractivity contribution in [2.75, 3.05) is 10.6 Å². The Hall–Kier alpha value is -2.85. The lowest BCUT2D eigenvalue weighted by molar-refractivity contribution is 0.483. The van der Waals surface area contributed by atoms with Crippen LogP contribution in [0.3, 0.4) is 0 Å². The third-order valence-corrected chi connectivity index (χ3v) is 3.92. The van der Waals surface area contributed by atoms with Crippen molar-refractivity contribution in [2.24, 2.45) is 0 Å². The molecular formula is C21H20N2OS. The summed E-state index contributed by atoms with van der Waals surface area (Å²) in [6.45, 7) is 2.14. The number of rotatable bonds is 5. The molecule has 0 radical (unpaired) electrons. The van der Waals surface area contributed by atoms with E-state index in [1.165, 1.54) is 5.56 Å². The quantitative estimate of drug-likeness (QED) is 0.567. The molecule has 0 bridgehead atoms. The monoisotopic (exact) mass is 348 g/mol. The predicted molar refractivity (Wildman–Crippen MR) is 109 cm³/mol. The fourth-order valence-corrected chi connectivity index (χ4v) is 2.58. The molecule has 0 aliphatic rings. The second kappa shape index (κ2) is 8.31. The molecule has 0 saturated carbocycles. The highest BCUT2D eigenvalue weighted by atomic mass is 32.1. The number of nitrogens with one attached hydrogen (secondary N) is 2. The van der Waals surface area contributed by atoms with E-state index in [2.05, 4.69) is 29.7 Å². The molecule has 0 spiro atoms. The van der Waals surface area contributed by atoms with Crippen molar-refractivity contribution >= 4 is 28.7 Å². The van der Waals surface area contributed by atoms with Crippen LogP contribution in [-0.2, 0) is 6.42 Å². The molecule has 0 aliphatic heterocycles. The first-order valence-electron chi connectivity index (χ1n) is 8.23. The second-order valence-electron chi connectivity index (χ2n) is 5.57. The Morgan fingerprint density at radius 3 is 1.84 bits per heavy atom. The molecule has 3 aromatic carbocycles. The molecule has 2 N–H and O–H groups in total. The van der Waals surface area contributed by atoms with Crippen LogP contribution in [0.4, 0.5) is 11.4 Å². The number of hydrogen-bond donors (Lipinski definition) is 2. The molecule has 4 heteroatoms. The minimum absolute atomic E-state index is 0.556. The number of anilines is 2. The molecule has 3 rings (SSSR count). The van der Waals surface area contributed by atoms with Crippen LogP contribution in [0.2, 0.25) is 0 Å². The summed E-state index contributed by atoms with van der Waals surface area (Å²) in [6.07, 6.45) is 1.03. The molecule has 25 heavy (non-hydrogen) atoms. The van der Waals surface area contributed by atoms with Gasteiger partial charge >= 0.3 is 0 Å². The standard InChI is InChI=1S/C21H20N2OS/c1-2-16-8-10-17(11-9-16)22-21(25)23-18-12-14-20(15-13-18)24-19-6-4-3-5-7-19/h3-15H,2H2,1H3,(H2,22,23,25). The van der Waals surface area contributed by atoms with E-state index in [9.17, 15) is 0 Å². The Morgan fingerprint density at radius 2 is 1.28 bits per heavy atom. The Bertz CT molecular complexity index is 815. The van der Waals surface area contributed by atoms with Gasteiger partial charge in [0, 0.05) is 11.4 Å². The summed E-state index contributed by atoms with van der Waals surface area (Å²) in [5.74, 6) is 1.60. The summed E-state index contributed by atoms with van der Waals surface area (Å²) < 4.78 is 5.78. The van der Waals surface area contributed by atoms with Gasteiger partial charge in [-0.2, -0.15) is 0 Å². The number of ether oxygens (including phenoxy) is 1. The highest BCUT2D eigenvalue weighted by Gasteiger charge is 2.01. The van der Waals surface area contributed by atoms with Crippen LogP contribution in [0.1, 0.15) is 12.5 Å². The van der Waals surface area contributed by atoms with Crippen molar-refractivity contribution in [3.05, 3.63) is 84.4 Å². The largest absolute Gasteiger partial charge is 0.457 e. The Kier molecular flexibility index (Phi) is 5.65. The minimum Gasteiger partial charge on any atom is -0.457 e. The highest BCUT2D eigenvalue weighted by molar-refractivity contribution is 7.80. The van der Waals surface area contributed by atoms with E-state index in [1.807, 2.05) is 66.7 Å². The molecule has 126 valence electrons. The van der Waals surface area contributed by atoms with Gasteiger partial charge in [0.2, 0.25) is 0 Å². The minimum atomic E-state index is 0.556.